The van der Waals surface area contributed by atoms with Crippen LogP contribution in [0.2, 0.25) is 5.02 Å². The molecule has 1 atom stereocenters. The minimum absolute atomic E-state index is 0.146. The number of aromatic amines is 1. The Labute approximate surface area is 175 Å². The molecule has 3 heterocycles. The van der Waals surface area contributed by atoms with Crippen LogP contribution in [0.4, 0.5) is 9.18 Å². The van der Waals surface area contributed by atoms with Crippen molar-refractivity contribution in [3.63, 3.8) is 0 Å². The molecule has 0 spiro atoms. The van der Waals surface area contributed by atoms with Crippen molar-refractivity contribution in [2.24, 2.45) is 0 Å². The molecule has 1 amide bonds. The van der Waals surface area contributed by atoms with Gasteiger partial charge in [0.05, 0.1) is 24.4 Å². The number of hydrogen-bond donors (Lipinski definition) is 1. The van der Waals surface area contributed by atoms with Gasteiger partial charge in [-0.1, -0.05) is 23.7 Å². The molecule has 1 saturated heterocycles. The van der Waals surface area contributed by atoms with Crippen LogP contribution in [0.1, 0.15) is 35.6 Å². The highest BCUT2D eigenvalue weighted by Crippen LogP contribution is 2.35. The second-order valence-corrected chi connectivity index (χ2v) is 9.00. The summed E-state index contributed by atoms with van der Waals surface area (Å²) in [6.45, 7) is 2.09. The summed E-state index contributed by atoms with van der Waals surface area (Å²) in [6.07, 6.45) is 1.69. The highest BCUT2D eigenvalue weighted by molar-refractivity contribution is 7.82. The Morgan fingerprint density at radius 2 is 2.10 bits per heavy atom. The zero-order chi connectivity index (χ0) is 20.5. The minimum Gasteiger partial charge on any atom is -0.453 e. The third kappa shape index (κ3) is 3.91. The molecule has 0 aliphatic carbocycles. The van der Waals surface area contributed by atoms with E-state index in [4.69, 9.17) is 16.3 Å². The molecule has 1 aromatic heterocycles. The van der Waals surface area contributed by atoms with Gasteiger partial charge >= 0.3 is 6.09 Å². The zero-order valence-electron chi connectivity index (χ0n) is 16.0. The van der Waals surface area contributed by atoms with Gasteiger partial charge < -0.3 is 9.64 Å². The standard InChI is InChI=1S/C19H22ClFN4O3S/c1-28-19(26)24-8-7-14-16(11-24)22-23-18(14)29(27)25-9-5-12(6-10-25)13-3-2-4-15(21)17(13)20/h2-4,12H,5-11H2,1H3,(H,22,23). The first-order valence-electron chi connectivity index (χ1n) is 9.49. The zero-order valence-corrected chi connectivity index (χ0v) is 17.6. The second-order valence-electron chi connectivity index (χ2n) is 7.22. The summed E-state index contributed by atoms with van der Waals surface area (Å²) in [5.74, 6) is -0.257. The largest absolute Gasteiger partial charge is 0.453 e. The van der Waals surface area contributed by atoms with Crippen LogP contribution in [0.25, 0.3) is 0 Å². The number of carbonyl (C=O) groups excluding carboxylic acids is 1. The number of halogens is 2. The molecular formula is C19H22ClFN4O3S. The number of carbonyl (C=O) groups is 1. The Morgan fingerprint density at radius 3 is 2.83 bits per heavy atom. The van der Waals surface area contributed by atoms with Gasteiger partial charge in [0, 0.05) is 25.2 Å². The molecular weight excluding hydrogens is 419 g/mol. The second kappa shape index (κ2) is 8.41. The number of hydrogen-bond acceptors (Lipinski definition) is 4. The lowest BCUT2D eigenvalue weighted by Crippen LogP contribution is -2.37. The van der Waals surface area contributed by atoms with Gasteiger partial charge in [-0.15, -0.1) is 0 Å². The number of H-pyrrole nitrogens is 1. The van der Waals surface area contributed by atoms with Crippen molar-refractivity contribution in [2.75, 3.05) is 26.7 Å². The van der Waals surface area contributed by atoms with Crippen LogP contribution in [-0.4, -0.2) is 56.4 Å². The average Bonchev–Trinajstić information content (AvgIpc) is 3.18. The highest BCUT2D eigenvalue weighted by Gasteiger charge is 2.32. The van der Waals surface area contributed by atoms with Gasteiger partial charge in [-0.05, 0) is 36.8 Å². The normalized spacial score (nSPS) is 19.1. The number of piperidine rings is 1. The Bertz CT molecular complexity index is 946. The topological polar surface area (TPSA) is 78.5 Å². The number of methoxy groups -OCH3 is 1. The van der Waals surface area contributed by atoms with Crippen molar-refractivity contribution < 1.29 is 18.1 Å². The van der Waals surface area contributed by atoms with E-state index in [2.05, 4.69) is 10.2 Å². The molecule has 1 fully saturated rings. The molecule has 4 rings (SSSR count). The lowest BCUT2D eigenvalue weighted by Gasteiger charge is -2.31. The molecule has 29 heavy (non-hydrogen) atoms. The van der Waals surface area contributed by atoms with E-state index >= 15 is 0 Å². The van der Waals surface area contributed by atoms with Gasteiger partial charge in [-0.2, -0.15) is 5.10 Å². The van der Waals surface area contributed by atoms with E-state index in [0.29, 0.717) is 37.6 Å². The van der Waals surface area contributed by atoms with Crippen LogP contribution in [-0.2, 0) is 28.7 Å². The lowest BCUT2D eigenvalue weighted by molar-refractivity contribution is 0.118. The van der Waals surface area contributed by atoms with Gasteiger partial charge in [0.15, 0.2) is 5.03 Å². The fourth-order valence-corrected chi connectivity index (χ4v) is 5.63. The molecule has 2 aliphatic heterocycles. The van der Waals surface area contributed by atoms with E-state index in [9.17, 15) is 13.4 Å². The van der Waals surface area contributed by atoms with E-state index in [1.807, 2.05) is 10.4 Å². The number of rotatable bonds is 3. The van der Waals surface area contributed by atoms with Gasteiger partial charge in [0.2, 0.25) is 0 Å². The molecule has 0 bridgehead atoms. The van der Waals surface area contributed by atoms with E-state index in [-0.39, 0.29) is 17.0 Å². The molecule has 2 aromatic rings. The maximum atomic E-state index is 13.8. The molecule has 0 saturated carbocycles. The number of aromatic nitrogens is 2. The molecule has 10 heteroatoms. The predicted molar refractivity (Wildman–Crippen MR) is 106 cm³/mol. The van der Waals surface area contributed by atoms with Crippen molar-refractivity contribution in [3.05, 3.63) is 45.9 Å². The number of ether oxygens (including phenoxy) is 1. The summed E-state index contributed by atoms with van der Waals surface area (Å²) < 4.78 is 33.5. The summed E-state index contributed by atoms with van der Waals surface area (Å²) in [6, 6.07) is 4.90. The van der Waals surface area contributed by atoms with Gasteiger partial charge in [0.1, 0.15) is 16.8 Å². The first kappa shape index (κ1) is 20.3. The average molecular weight is 441 g/mol. The van der Waals surface area contributed by atoms with E-state index in [0.717, 1.165) is 29.7 Å². The SMILES string of the molecule is COC(=O)N1CCc2c(S(=O)N3CCC(c4cccc(F)c4Cl)CC3)n[nH]c2C1. The van der Waals surface area contributed by atoms with Crippen LogP contribution in [0, 0.1) is 5.82 Å². The van der Waals surface area contributed by atoms with Gasteiger partial charge in [-0.25, -0.2) is 17.7 Å². The van der Waals surface area contributed by atoms with Crippen LogP contribution >= 0.6 is 11.6 Å². The van der Waals surface area contributed by atoms with Crippen molar-refractivity contribution in [2.45, 2.75) is 36.8 Å². The number of benzene rings is 1. The Balaban J connectivity index is 1.43. The third-order valence-corrected chi connectivity index (χ3v) is 7.50. The minimum atomic E-state index is -1.38. The highest BCUT2D eigenvalue weighted by atomic mass is 35.5. The van der Waals surface area contributed by atoms with Crippen LogP contribution in [0.15, 0.2) is 23.2 Å². The number of amides is 1. The summed E-state index contributed by atoms with van der Waals surface area (Å²) in [4.78, 5) is 13.3. The van der Waals surface area contributed by atoms with Crippen molar-refractivity contribution in [1.29, 1.82) is 0 Å². The molecule has 156 valence electrons. The Morgan fingerprint density at radius 1 is 1.34 bits per heavy atom. The van der Waals surface area contributed by atoms with Crippen molar-refractivity contribution >= 4 is 28.7 Å². The third-order valence-electron chi connectivity index (χ3n) is 5.60. The number of fused-ring (bicyclic) bond motifs is 1. The quantitative estimate of drug-likeness (QED) is 0.794. The van der Waals surface area contributed by atoms with E-state index in [1.165, 1.54) is 13.2 Å². The summed E-state index contributed by atoms with van der Waals surface area (Å²) in [5, 5.41) is 7.92. The van der Waals surface area contributed by atoms with E-state index < -0.39 is 16.8 Å². The maximum Gasteiger partial charge on any atom is 0.409 e. The summed E-state index contributed by atoms with van der Waals surface area (Å²) >= 11 is 6.13. The molecule has 1 N–H and O–H groups in total. The molecule has 0 radical (unpaired) electrons. The molecule has 1 unspecified atom stereocenters. The summed E-state index contributed by atoms with van der Waals surface area (Å²) in [7, 11) is -0.0307. The number of nitrogens with one attached hydrogen (secondary N) is 1. The number of nitrogens with zero attached hydrogens (tertiary/aromatic N) is 3. The van der Waals surface area contributed by atoms with Gasteiger partial charge in [-0.3, -0.25) is 5.10 Å². The molecule has 2 aliphatic rings. The first-order valence-corrected chi connectivity index (χ1v) is 11.0. The van der Waals surface area contributed by atoms with Crippen LogP contribution in [0.5, 0.6) is 0 Å². The summed E-state index contributed by atoms with van der Waals surface area (Å²) in [5.41, 5.74) is 2.53. The van der Waals surface area contributed by atoms with Crippen molar-refractivity contribution in [3.8, 4) is 0 Å². The van der Waals surface area contributed by atoms with Crippen LogP contribution < -0.4 is 0 Å². The maximum absolute atomic E-state index is 13.8. The molecule has 1 aromatic carbocycles. The Kier molecular flexibility index (Phi) is 5.89. The van der Waals surface area contributed by atoms with Gasteiger partial charge in [0.25, 0.3) is 0 Å². The monoisotopic (exact) mass is 440 g/mol. The fourth-order valence-electron chi connectivity index (χ4n) is 4.01. The van der Waals surface area contributed by atoms with E-state index in [1.54, 1.807) is 11.0 Å². The van der Waals surface area contributed by atoms with Crippen molar-refractivity contribution in [1.82, 2.24) is 19.4 Å². The predicted octanol–water partition coefficient (Wildman–Crippen LogP) is 3.23. The van der Waals surface area contributed by atoms with Crippen LogP contribution in [0.3, 0.4) is 0 Å². The first-order chi connectivity index (χ1) is 14.0. The molecule has 7 nitrogen and oxygen atoms in total. The lowest BCUT2D eigenvalue weighted by atomic mass is 9.90. The fraction of sp³-hybridized carbons (Fsp3) is 0.474. The Hall–Kier alpha value is -1.97. The smallest absolute Gasteiger partial charge is 0.409 e.